The Balaban J connectivity index is 2.88. The van der Waals surface area contributed by atoms with E-state index in [2.05, 4.69) is 4.98 Å². The Bertz CT molecular complexity index is 282. The van der Waals surface area contributed by atoms with Crippen molar-refractivity contribution in [3.8, 4) is 0 Å². The summed E-state index contributed by atoms with van der Waals surface area (Å²) in [5, 5.41) is 27.3. The average molecular weight is 204 g/mol. The van der Waals surface area contributed by atoms with Gasteiger partial charge >= 0.3 is 0 Å². The highest BCUT2D eigenvalue weighted by Gasteiger charge is 2.19. The van der Waals surface area contributed by atoms with Crippen LogP contribution in [-0.4, -0.2) is 33.0 Å². The van der Waals surface area contributed by atoms with Crippen molar-refractivity contribution in [2.75, 3.05) is 6.61 Å². The minimum Gasteiger partial charge on any atom is -0.394 e. The number of hydrogen-bond acceptors (Lipinski definition) is 4. The van der Waals surface area contributed by atoms with Crippen LogP contribution in [-0.2, 0) is 0 Å². The van der Waals surface area contributed by atoms with Gasteiger partial charge in [0.2, 0.25) is 0 Å². The molecule has 0 fully saturated rings. The van der Waals surface area contributed by atoms with Crippen molar-refractivity contribution in [1.82, 2.24) is 4.98 Å². The zero-order valence-corrected chi connectivity index (χ0v) is 7.52. The number of aromatic nitrogens is 1. The lowest BCUT2D eigenvalue weighted by Gasteiger charge is -2.16. The number of pyridine rings is 1. The first-order valence-corrected chi connectivity index (χ1v) is 4.12. The Kier molecular flexibility index (Phi) is 3.62. The summed E-state index contributed by atoms with van der Waals surface area (Å²) >= 11 is 5.66. The molecule has 3 N–H and O–H groups in total. The lowest BCUT2D eigenvalue weighted by molar-refractivity contribution is -0.0153. The number of halogens is 1. The first-order chi connectivity index (χ1) is 6.16. The summed E-state index contributed by atoms with van der Waals surface area (Å²) in [4.78, 5) is 3.73. The highest BCUT2D eigenvalue weighted by Crippen LogP contribution is 2.22. The van der Waals surface area contributed by atoms with Gasteiger partial charge in [0.05, 0.1) is 6.61 Å². The van der Waals surface area contributed by atoms with Gasteiger partial charge in [-0.3, -0.25) is 0 Å². The highest BCUT2D eigenvalue weighted by atomic mass is 35.5. The molecule has 0 aliphatic heterocycles. The van der Waals surface area contributed by atoms with E-state index in [1.165, 1.54) is 6.20 Å². The van der Waals surface area contributed by atoms with Gasteiger partial charge in [-0.05, 0) is 6.07 Å². The molecule has 0 amide bonds. The molecule has 1 heterocycles. The minimum absolute atomic E-state index is 0.127. The van der Waals surface area contributed by atoms with Crippen molar-refractivity contribution in [2.24, 2.45) is 0 Å². The van der Waals surface area contributed by atoms with Gasteiger partial charge in [0.1, 0.15) is 17.4 Å². The molecule has 1 rings (SSSR count). The fourth-order valence-electron chi connectivity index (χ4n) is 0.926. The van der Waals surface area contributed by atoms with Crippen molar-refractivity contribution in [1.29, 1.82) is 0 Å². The molecule has 72 valence electrons. The standard InChI is InChI=1S/C8H10ClNO3/c9-8-5(2-1-3-10-8)7(13)6(12)4-11/h1-3,6-7,11-13H,4H2. The maximum absolute atomic E-state index is 9.44. The van der Waals surface area contributed by atoms with Crippen LogP contribution in [0.2, 0.25) is 5.15 Å². The zero-order valence-electron chi connectivity index (χ0n) is 6.76. The maximum Gasteiger partial charge on any atom is 0.134 e. The third-order valence-corrected chi connectivity index (χ3v) is 1.97. The van der Waals surface area contributed by atoms with E-state index in [9.17, 15) is 5.11 Å². The van der Waals surface area contributed by atoms with Gasteiger partial charge in [-0.25, -0.2) is 4.98 Å². The summed E-state index contributed by atoms with van der Waals surface area (Å²) in [6.45, 7) is -0.521. The van der Waals surface area contributed by atoms with Crippen LogP contribution >= 0.6 is 11.6 Å². The second-order valence-corrected chi connectivity index (χ2v) is 2.94. The van der Waals surface area contributed by atoms with Crippen LogP contribution in [0.15, 0.2) is 18.3 Å². The molecule has 0 aliphatic carbocycles. The predicted molar refractivity (Wildman–Crippen MR) is 47.3 cm³/mol. The molecule has 5 heteroatoms. The summed E-state index contributed by atoms with van der Waals surface area (Å²) in [7, 11) is 0. The van der Waals surface area contributed by atoms with Gasteiger partial charge in [-0.1, -0.05) is 17.7 Å². The highest BCUT2D eigenvalue weighted by molar-refractivity contribution is 6.30. The van der Waals surface area contributed by atoms with Crippen molar-refractivity contribution in [3.63, 3.8) is 0 Å². The largest absolute Gasteiger partial charge is 0.394 e. The molecule has 0 bridgehead atoms. The molecular weight excluding hydrogens is 194 g/mol. The van der Waals surface area contributed by atoms with E-state index in [4.69, 9.17) is 21.8 Å². The monoisotopic (exact) mass is 203 g/mol. The van der Waals surface area contributed by atoms with E-state index in [0.29, 0.717) is 5.56 Å². The molecule has 1 aromatic rings. The molecule has 0 saturated carbocycles. The Morgan fingerprint density at radius 2 is 2.15 bits per heavy atom. The molecule has 2 atom stereocenters. The third-order valence-electron chi connectivity index (χ3n) is 1.66. The van der Waals surface area contributed by atoms with Crippen LogP contribution in [0.3, 0.4) is 0 Å². The summed E-state index contributed by atoms with van der Waals surface area (Å²) in [6.07, 6.45) is -0.961. The van der Waals surface area contributed by atoms with Gasteiger partial charge in [0.25, 0.3) is 0 Å². The minimum atomic E-state index is -1.23. The van der Waals surface area contributed by atoms with E-state index in [0.717, 1.165) is 0 Å². The SMILES string of the molecule is OCC(O)C(O)c1cccnc1Cl. The van der Waals surface area contributed by atoms with Crippen molar-refractivity contribution >= 4 is 11.6 Å². The van der Waals surface area contributed by atoms with E-state index >= 15 is 0 Å². The molecule has 0 aliphatic rings. The lowest BCUT2D eigenvalue weighted by atomic mass is 10.1. The van der Waals surface area contributed by atoms with Gasteiger partial charge in [-0.15, -0.1) is 0 Å². The quantitative estimate of drug-likeness (QED) is 0.611. The van der Waals surface area contributed by atoms with Gasteiger partial charge in [0.15, 0.2) is 0 Å². The summed E-state index contributed by atoms with van der Waals surface area (Å²) in [6, 6.07) is 3.13. The Hall–Kier alpha value is -0.680. The van der Waals surface area contributed by atoms with Crippen LogP contribution in [0.25, 0.3) is 0 Å². The van der Waals surface area contributed by atoms with Crippen LogP contribution in [0, 0.1) is 0 Å². The molecule has 0 saturated heterocycles. The summed E-state index contributed by atoms with van der Waals surface area (Å²) in [5.74, 6) is 0. The topological polar surface area (TPSA) is 73.6 Å². The summed E-state index contributed by atoms with van der Waals surface area (Å²) < 4.78 is 0. The third kappa shape index (κ3) is 2.38. The normalized spacial score (nSPS) is 15.4. The van der Waals surface area contributed by atoms with E-state index < -0.39 is 18.8 Å². The predicted octanol–water partition coefficient (Wildman–Crippen LogP) is 0.122. The smallest absolute Gasteiger partial charge is 0.134 e. The second kappa shape index (κ2) is 4.53. The lowest BCUT2D eigenvalue weighted by Crippen LogP contribution is -2.22. The van der Waals surface area contributed by atoms with Gasteiger partial charge in [0, 0.05) is 11.8 Å². The van der Waals surface area contributed by atoms with Gasteiger partial charge < -0.3 is 15.3 Å². The molecule has 4 nitrogen and oxygen atoms in total. The Morgan fingerprint density at radius 3 is 2.69 bits per heavy atom. The van der Waals surface area contributed by atoms with Gasteiger partial charge in [-0.2, -0.15) is 0 Å². The molecule has 13 heavy (non-hydrogen) atoms. The van der Waals surface area contributed by atoms with E-state index in [1.807, 2.05) is 0 Å². The van der Waals surface area contributed by atoms with Crippen LogP contribution in [0.5, 0.6) is 0 Å². The maximum atomic E-state index is 9.44. The zero-order chi connectivity index (χ0) is 9.84. The molecule has 0 spiro atoms. The molecule has 0 radical (unpaired) electrons. The molecule has 2 unspecified atom stereocenters. The number of hydrogen-bond donors (Lipinski definition) is 3. The Labute approximate surface area is 80.4 Å². The fraction of sp³-hybridized carbons (Fsp3) is 0.375. The first-order valence-electron chi connectivity index (χ1n) is 3.74. The van der Waals surface area contributed by atoms with Crippen molar-refractivity contribution in [2.45, 2.75) is 12.2 Å². The van der Waals surface area contributed by atoms with E-state index in [1.54, 1.807) is 12.1 Å². The molecule has 0 aromatic carbocycles. The number of rotatable bonds is 3. The van der Waals surface area contributed by atoms with Crippen molar-refractivity contribution in [3.05, 3.63) is 29.0 Å². The molecular formula is C8H10ClNO3. The molecule has 1 aromatic heterocycles. The fourth-order valence-corrected chi connectivity index (χ4v) is 1.16. The van der Waals surface area contributed by atoms with Crippen LogP contribution < -0.4 is 0 Å². The van der Waals surface area contributed by atoms with E-state index in [-0.39, 0.29) is 5.15 Å². The number of aliphatic hydroxyl groups excluding tert-OH is 3. The van der Waals surface area contributed by atoms with Crippen LogP contribution in [0.1, 0.15) is 11.7 Å². The second-order valence-electron chi connectivity index (χ2n) is 2.58. The summed E-state index contributed by atoms with van der Waals surface area (Å²) in [5.41, 5.74) is 0.311. The number of aliphatic hydroxyl groups is 3. The Morgan fingerprint density at radius 1 is 1.46 bits per heavy atom. The first kappa shape index (κ1) is 10.4. The average Bonchev–Trinajstić information content (AvgIpc) is 2.16. The van der Waals surface area contributed by atoms with Crippen molar-refractivity contribution < 1.29 is 15.3 Å². The number of nitrogens with zero attached hydrogens (tertiary/aromatic N) is 1. The van der Waals surface area contributed by atoms with Crippen LogP contribution in [0.4, 0.5) is 0 Å².